The molecule has 0 saturated carbocycles. The summed E-state index contributed by atoms with van der Waals surface area (Å²) >= 11 is 3.35. The van der Waals surface area contributed by atoms with Crippen molar-refractivity contribution < 1.29 is 4.79 Å². The summed E-state index contributed by atoms with van der Waals surface area (Å²) in [6.45, 7) is 0. The van der Waals surface area contributed by atoms with E-state index in [0.717, 1.165) is 34.6 Å². The molecule has 0 fully saturated rings. The molecule has 20 heavy (non-hydrogen) atoms. The lowest BCUT2D eigenvalue weighted by Crippen LogP contribution is -2.15. The maximum Gasteiger partial charge on any atom is 0.270 e. The van der Waals surface area contributed by atoms with Gasteiger partial charge in [0.05, 0.1) is 27.4 Å². The number of nitrogens with zero attached hydrogens (tertiary/aromatic N) is 1. The van der Waals surface area contributed by atoms with Gasteiger partial charge in [0.15, 0.2) is 0 Å². The highest BCUT2D eigenvalue weighted by atomic mass is 79.9. The highest BCUT2D eigenvalue weighted by Crippen LogP contribution is 2.42. The van der Waals surface area contributed by atoms with Crippen LogP contribution in [0.5, 0.6) is 0 Å². The van der Waals surface area contributed by atoms with Gasteiger partial charge in [0.25, 0.3) is 5.91 Å². The van der Waals surface area contributed by atoms with Crippen LogP contribution < -0.4 is 9.24 Å². The summed E-state index contributed by atoms with van der Waals surface area (Å²) in [6, 6.07) is 16.0. The van der Waals surface area contributed by atoms with Crippen molar-refractivity contribution in [3.63, 3.8) is 0 Å². The van der Waals surface area contributed by atoms with E-state index in [1.54, 1.807) is 0 Å². The van der Waals surface area contributed by atoms with E-state index in [9.17, 15) is 4.79 Å². The number of hydrogen-bond acceptors (Lipinski definition) is 2. The van der Waals surface area contributed by atoms with Crippen LogP contribution in [0.1, 0.15) is 11.1 Å². The Morgan fingerprint density at radius 3 is 2.65 bits per heavy atom. The lowest BCUT2D eigenvalue weighted by Gasteiger charge is -2.05. The Balaban J connectivity index is 1.88. The van der Waals surface area contributed by atoms with Crippen molar-refractivity contribution >= 4 is 39.0 Å². The fourth-order valence-corrected chi connectivity index (χ4v) is 3.30. The van der Waals surface area contributed by atoms with Crippen molar-refractivity contribution in [3.05, 3.63) is 65.4 Å². The number of carbonyl (C=O) groups is 1. The molecule has 0 bridgehead atoms. The second-order valence-electron chi connectivity index (χ2n) is 4.92. The second kappa shape index (κ2) is 4.21. The van der Waals surface area contributed by atoms with Crippen molar-refractivity contribution in [2.75, 3.05) is 9.24 Å². The second-order valence-corrected chi connectivity index (χ2v) is 5.62. The Hall–Kier alpha value is -2.07. The van der Waals surface area contributed by atoms with Crippen molar-refractivity contribution in [2.45, 2.75) is 6.42 Å². The minimum atomic E-state index is -0.0125. The van der Waals surface area contributed by atoms with Gasteiger partial charge in [-0.15, -0.1) is 0 Å². The molecular formula is C16H11BrN2O. The summed E-state index contributed by atoms with van der Waals surface area (Å²) in [6.07, 6.45) is 0.770. The molecule has 98 valence electrons. The molecule has 4 heteroatoms. The largest absolute Gasteiger partial charge is 0.358 e. The quantitative estimate of drug-likeness (QED) is 0.591. The van der Waals surface area contributed by atoms with Crippen LogP contribution in [0.2, 0.25) is 0 Å². The Labute approximate surface area is 125 Å². The summed E-state index contributed by atoms with van der Waals surface area (Å²) in [5, 5.41) is 3.38. The number of amides is 1. The maximum absolute atomic E-state index is 12.5. The Kier molecular flexibility index (Phi) is 2.47. The van der Waals surface area contributed by atoms with Gasteiger partial charge in [-0.25, -0.2) is 3.93 Å². The summed E-state index contributed by atoms with van der Waals surface area (Å²) in [5.74, 6) is -0.0125. The zero-order valence-corrected chi connectivity index (χ0v) is 12.1. The number of allylic oxidation sites excluding steroid dienone is 1. The summed E-state index contributed by atoms with van der Waals surface area (Å²) in [4.78, 5) is 12.5. The number of carbonyl (C=O) groups excluding carboxylic acids is 1. The first kappa shape index (κ1) is 11.7. The number of halogens is 1. The third-order valence-corrected chi connectivity index (χ3v) is 4.45. The first-order valence-electron chi connectivity index (χ1n) is 6.43. The van der Waals surface area contributed by atoms with Gasteiger partial charge in [-0.1, -0.05) is 36.4 Å². The first-order chi connectivity index (χ1) is 9.75. The number of benzene rings is 2. The van der Waals surface area contributed by atoms with Crippen molar-refractivity contribution in [2.24, 2.45) is 0 Å². The van der Waals surface area contributed by atoms with Crippen LogP contribution in [0.3, 0.4) is 0 Å². The Bertz CT molecular complexity index is 740. The standard InChI is InChI=1S/C16H11BrN2O/c17-19-14-8-4-2-6-11(14)15(16(19)20)13-9-10-5-1-3-7-12(10)18-13/h1-8,18H,9H2. The molecule has 3 nitrogen and oxygen atoms in total. The molecule has 1 N–H and O–H groups in total. The van der Waals surface area contributed by atoms with Gasteiger partial charge < -0.3 is 5.32 Å². The van der Waals surface area contributed by atoms with E-state index in [1.807, 2.05) is 42.5 Å². The van der Waals surface area contributed by atoms with Gasteiger partial charge in [-0.05, 0) is 17.7 Å². The van der Waals surface area contributed by atoms with Crippen molar-refractivity contribution in [1.29, 1.82) is 0 Å². The summed E-state index contributed by atoms with van der Waals surface area (Å²) in [7, 11) is 0. The number of rotatable bonds is 0. The van der Waals surface area contributed by atoms with E-state index in [4.69, 9.17) is 0 Å². The average molecular weight is 327 g/mol. The van der Waals surface area contributed by atoms with Crippen LogP contribution in [0.15, 0.2) is 54.2 Å². The SMILES string of the molecule is O=C1C(=C2Cc3ccccc3N2)c2ccccc2N1Br. The van der Waals surface area contributed by atoms with E-state index in [1.165, 1.54) is 9.49 Å². The number of para-hydroxylation sites is 2. The topological polar surface area (TPSA) is 32.3 Å². The fourth-order valence-electron chi connectivity index (χ4n) is 2.82. The van der Waals surface area contributed by atoms with E-state index in [-0.39, 0.29) is 5.91 Å². The maximum atomic E-state index is 12.5. The normalized spacial score (nSPS) is 19.9. The molecular weight excluding hydrogens is 316 g/mol. The monoisotopic (exact) mass is 326 g/mol. The lowest BCUT2D eigenvalue weighted by molar-refractivity contribution is -0.111. The smallest absolute Gasteiger partial charge is 0.270 e. The molecule has 0 spiro atoms. The molecule has 0 aliphatic carbocycles. The van der Waals surface area contributed by atoms with Crippen molar-refractivity contribution in [3.8, 4) is 0 Å². The zero-order valence-electron chi connectivity index (χ0n) is 10.6. The summed E-state index contributed by atoms with van der Waals surface area (Å²) in [5.41, 5.74) is 5.93. The van der Waals surface area contributed by atoms with Crippen LogP contribution in [-0.2, 0) is 11.2 Å². The Morgan fingerprint density at radius 2 is 1.80 bits per heavy atom. The van der Waals surface area contributed by atoms with Crippen LogP contribution in [0.25, 0.3) is 5.57 Å². The van der Waals surface area contributed by atoms with Crippen LogP contribution >= 0.6 is 16.1 Å². The molecule has 0 saturated heterocycles. The van der Waals surface area contributed by atoms with Crippen LogP contribution in [-0.4, -0.2) is 5.91 Å². The molecule has 0 radical (unpaired) electrons. The molecule has 2 aromatic rings. The van der Waals surface area contributed by atoms with E-state index < -0.39 is 0 Å². The summed E-state index contributed by atoms with van der Waals surface area (Å²) < 4.78 is 1.54. The van der Waals surface area contributed by atoms with Crippen LogP contribution in [0, 0.1) is 0 Å². The molecule has 0 atom stereocenters. The average Bonchev–Trinajstić information content (AvgIpc) is 3.00. The van der Waals surface area contributed by atoms with E-state index >= 15 is 0 Å². The number of fused-ring (bicyclic) bond motifs is 2. The molecule has 0 aromatic heterocycles. The minimum absolute atomic E-state index is 0.0125. The highest BCUT2D eigenvalue weighted by Gasteiger charge is 2.34. The molecule has 2 aliphatic heterocycles. The molecule has 2 aromatic carbocycles. The van der Waals surface area contributed by atoms with Crippen LogP contribution in [0.4, 0.5) is 11.4 Å². The zero-order chi connectivity index (χ0) is 13.7. The number of nitrogens with one attached hydrogen (secondary N) is 1. The van der Waals surface area contributed by atoms with Gasteiger partial charge in [0.1, 0.15) is 0 Å². The number of anilines is 2. The molecule has 4 rings (SSSR count). The molecule has 2 aliphatic rings. The Morgan fingerprint density at radius 1 is 1.05 bits per heavy atom. The third kappa shape index (κ3) is 1.55. The first-order valence-corrected chi connectivity index (χ1v) is 7.14. The van der Waals surface area contributed by atoms with Gasteiger partial charge in [-0.2, -0.15) is 0 Å². The van der Waals surface area contributed by atoms with Gasteiger partial charge in [0.2, 0.25) is 0 Å². The van der Waals surface area contributed by atoms with E-state index in [0.29, 0.717) is 0 Å². The van der Waals surface area contributed by atoms with Crippen molar-refractivity contribution in [1.82, 2.24) is 0 Å². The minimum Gasteiger partial charge on any atom is -0.358 e. The lowest BCUT2D eigenvalue weighted by atomic mass is 10.0. The number of hydrogen-bond donors (Lipinski definition) is 1. The van der Waals surface area contributed by atoms with Gasteiger partial charge >= 0.3 is 0 Å². The van der Waals surface area contributed by atoms with E-state index in [2.05, 4.69) is 27.5 Å². The van der Waals surface area contributed by atoms with Gasteiger partial charge in [0, 0.05) is 23.4 Å². The highest BCUT2D eigenvalue weighted by molar-refractivity contribution is 9.10. The third-order valence-electron chi connectivity index (χ3n) is 3.75. The molecule has 1 amide bonds. The predicted molar refractivity (Wildman–Crippen MR) is 83.5 cm³/mol. The molecule has 0 unspecified atom stereocenters. The van der Waals surface area contributed by atoms with Gasteiger partial charge in [-0.3, -0.25) is 4.79 Å². The molecule has 2 heterocycles. The fraction of sp³-hybridized carbons (Fsp3) is 0.0625. The predicted octanol–water partition coefficient (Wildman–Crippen LogP) is 3.72.